The van der Waals surface area contributed by atoms with Gasteiger partial charge in [0.25, 0.3) is 0 Å². The molecule has 25 heavy (non-hydrogen) atoms. The largest absolute Gasteiger partial charge is 0.352 e. The molecule has 1 aromatic carbocycles. The maximum absolute atomic E-state index is 11.8. The van der Waals surface area contributed by atoms with Gasteiger partial charge in [0.2, 0.25) is 5.91 Å². The smallest absolute Gasteiger partial charge is 0.243 e. The Bertz CT molecular complexity index is 759. The molecule has 0 saturated carbocycles. The van der Waals surface area contributed by atoms with Crippen molar-refractivity contribution in [3.05, 3.63) is 53.7 Å². The molecule has 4 nitrogen and oxygen atoms in total. The lowest BCUT2D eigenvalue weighted by Gasteiger charge is -2.33. The molecule has 1 aliphatic heterocycles. The fourth-order valence-electron chi connectivity index (χ4n) is 3.56. The zero-order valence-corrected chi connectivity index (χ0v) is 15.2. The third kappa shape index (κ3) is 4.89. The van der Waals surface area contributed by atoms with Crippen LogP contribution in [-0.2, 0) is 11.3 Å². The van der Waals surface area contributed by atoms with Crippen LogP contribution in [0.2, 0.25) is 0 Å². The summed E-state index contributed by atoms with van der Waals surface area (Å²) in [7, 11) is 0. The van der Waals surface area contributed by atoms with Crippen LogP contribution in [0.15, 0.2) is 48.2 Å². The summed E-state index contributed by atoms with van der Waals surface area (Å²) >= 11 is 0. The quantitative estimate of drug-likeness (QED) is 0.849. The Morgan fingerprint density at radius 2 is 2.16 bits per heavy atom. The Morgan fingerprint density at radius 3 is 3.00 bits per heavy atom. The van der Waals surface area contributed by atoms with Crippen molar-refractivity contribution in [2.45, 2.75) is 33.2 Å². The molecule has 1 amide bonds. The highest BCUT2D eigenvalue weighted by molar-refractivity contribution is 5.88. The number of benzene rings is 1. The van der Waals surface area contributed by atoms with Gasteiger partial charge in [-0.3, -0.25) is 14.7 Å². The number of carbonyl (C=O) groups is 1. The predicted octanol–water partition coefficient (Wildman–Crippen LogP) is 3.53. The van der Waals surface area contributed by atoms with Crippen molar-refractivity contribution in [2.24, 2.45) is 5.92 Å². The van der Waals surface area contributed by atoms with Crippen molar-refractivity contribution in [2.75, 3.05) is 19.6 Å². The van der Waals surface area contributed by atoms with Crippen molar-refractivity contribution < 1.29 is 4.79 Å². The van der Waals surface area contributed by atoms with Crippen LogP contribution in [-0.4, -0.2) is 35.4 Å². The molecule has 3 rings (SSSR count). The van der Waals surface area contributed by atoms with E-state index >= 15 is 0 Å². The minimum Gasteiger partial charge on any atom is -0.352 e. The fourth-order valence-corrected chi connectivity index (χ4v) is 3.56. The second-order valence-corrected chi connectivity index (χ2v) is 7.20. The number of likely N-dealkylation sites (tertiary alicyclic amines) is 1. The van der Waals surface area contributed by atoms with Gasteiger partial charge in [-0.25, -0.2) is 0 Å². The number of hydrogen-bond acceptors (Lipinski definition) is 3. The summed E-state index contributed by atoms with van der Waals surface area (Å²) < 4.78 is 0. The van der Waals surface area contributed by atoms with Crippen LogP contribution >= 0.6 is 0 Å². The van der Waals surface area contributed by atoms with Gasteiger partial charge in [-0.2, -0.15) is 0 Å². The molecule has 0 spiro atoms. The van der Waals surface area contributed by atoms with Crippen LogP contribution in [0, 0.1) is 5.92 Å². The van der Waals surface area contributed by atoms with E-state index in [1.807, 2.05) is 26.1 Å². The lowest BCUT2D eigenvalue weighted by molar-refractivity contribution is -0.116. The Kier molecular flexibility index (Phi) is 5.82. The number of piperidine rings is 1. The number of hydrogen-bond donors (Lipinski definition) is 1. The average Bonchev–Trinajstić information content (AvgIpc) is 2.60. The normalized spacial score (nSPS) is 18.1. The first-order chi connectivity index (χ1) is 12.1. The molecule has 2 heterocycles. The SMILES string of the molecule is CC(C)=CC(=O)NC[C@@H]1CCCN(Cc2cccc3cccnc23)C1. The number of rotatable bonds is 5. The van der Waals surface area contributed by atoms with Gasteiger partial charge >= 0.3 is 0 Å². The standard InChI is InChI=1S/C21H27N3O/c1-16(2)12-20(25)23-13-17-6-5-11-24(14-17)15-19-8-3-7-18-9-4-10-22-21(18)19/h3-4,7-10,12,17H,5-6,11,13-15H2,1-2H3,(H,23,25)/t17-/m0/s1. The first-order valence-electron chi connectivity index (χ1n) is 9.09. The van der Waals surface area contributed by atoms with E-state index in [1.54, 1.807) is 6.08 Å². The summed E-state index contributed by atoms with van der Waals surface area (Å²) in [6, 6.07) is 10.5. The van der Waals surface area contributed by atoms with Crippen LogP contribution in [0.4, 0.5) is 0 Å². The van der Waals surface area contributed by atoms with E-state index in [0.29, 0.717) is 5.92 Å². The molecular weight excluding hydrogens is 310 g/mol. The summed E-state index contributed by atoms with van der Waals surface area (Å²) in [4.78, 5) is 18.9. The van der Waals surface area contributed by atoms with Gasteiger partial charge in [-0.15, -0.1) is 0 Å². The molecule has 2 aromatic rings. The summed E-state index contributed by atoms with van der Waals surface area (Å²) in [5, 5.41) is 4.24. The minimum absolute atomic E-state index is 0.0235. The summed E-state index contributed by atoms with van der Waals surface area (Å²) in [5.41, 5.74) is 3.42. The molecule has 1 aromatic heterocycles. The van der Waals surface area contributed by atoms with E-state index in [2.05, 4.69) is 39.5 Å². The fraction of sp³-hybridized carbons (Fsp3) is 0.429. The van der Waals surface area contributed by atoms with E-state index in [-0.39, 0.29) is 5.91 Å². The lowest BCUT2D eigenvalue weighted by Crippen LogP contribution is -2.40. The third-order valence-corrected chi connectivity index (χ3v) is 4.70. The molecule has 1 fully saturated rings. The van der Waals surface area contributed by atoms with E-state index < -0.39 is 0 Å². The second kappa shape index (κ2) is 8.26. The molecule has 0 radical (unpaired) electrons. The number of nitrogens with zero attached hydrogens (tertiary/aromatic N) is 2. The van der Waals surface area contributed by atoms with Gasteiger partial charge in [0.15, 0.2) is 0 Å². The second-order valence-electron chi connectivity index (χ2n) is 7.20. The van der Waals surface area contributed by atoms with Crippen molar-refractivity contribution in [1.82, 2.24) is 15.2 Å². The predicted molar refractivity (Wildman–Crippen MR) is 102 cm³/mol. The average molecular weight is 337 g/mol. The molecule has 0 unspecified atom stereocenters. The van der Waals surface area contributed by atoms with Gasteiger partial charge in [0.1, 0.15) is 0 Å². The molecule has 0 bridgehead atoms. The monoisotopic (exact) mass is 337 g/mol. The highest BCUT2D eigenvalue weighted by Gasteiger charge is 2.20. The van der Waals surface area contributed by atoms with Crippen LogP contribution in [0.5, 0.6) is 0 Å². The topological polar surface area (TPSA) is 45.2 Å². The van der Waals surface area contributed by atoms with Crippen LogP contribution in [0.25, 0.3) is 10.9 Å². The van der Waals surface area contributed by atoms with Crippen molar-refractivity contribution in [3.63, 3.8) is 0 Å². The Morgan fingerprint density at radius 1 is 1.32 bits per heavy atom. The number of fused-ring (bicyclic) bond motifs is 1. The van der Waals surface area contributed by atoms with Gasteiger partial charge in [-0.1, -0.05) is 29.8 Å². The first-order valence-corrected chi connectivity index (χ1v) is 9.09. The number of nitrogens with one attached hydrogen (secondary N) is 1. The molecule has 1 N–H and O–H groups in total. The summed E-state index contributed by atoms with van der Waals surface area (Å²) in [5.74, 6) is 0.543. The summed E-state index contributed by atoms with van der Waals surface area (Å²) in [6.45, 7) is 7.71. The molecular formula is C21H27N3O. The van der Waals surface area contributed by atoms with Crippen LogP contribution in [0.3, 0.4) is 0 Å². The number of para-hydroxylation sites is 1. The van der Waals surface area contributed by atoms with Crippen molar-refractivity contribution in [3.8, 4) is 0 Å². The Hall–Kier alpha value is -2.20. The molecule has 4 heteroatoms. The minimum atomic E-state index is 0.0235. The zero-order chi connectivity index (χ0) is 17.6. The van der Waals surface area contributed by atoms with Crippen LogP contribution in [0.1, 0.15) is 32.3 Å². The van der Waals surface area contributed by atoms with Gasteiger partial charge in [-0.05, 0) is 50.8 Å². The van der Waals surface area contributed by atoms with E-state index in [1.165, 1.54) is 23.8 Å². The van der Waals surface area contributed by atoms with Gasteiger partial charge in [0.05, 0.1) is 5.52 Å². The van der Waals surface area contributed by atoms with Gasteiger partial charge < -0.3 is 5.32 Å². The van der Waals surface area contributed by atoms with E-state index in [4.69, 9.17) is 0 Å². The molecule has 0 aliphatic carbocycles. The number of pyridine rings is 1. The maximum Gasteiger partial charge on any atom is 0.243 e. The number of amides is 1. The highest BCUT2D eigenvalue weighted by Crippen LogP contribution is 2.22. The van der Waals surface area contributed by atoms with E-state index in [0.717, 1.165) is 37.3 Å². The first kappa shape index (κ1) is 17.6. The van der Waals surface area contributed by atoms with E-state index in [9.17, 15) is 4.79 Å². The van der Waals surface area contributed by atoms with Crippen LogP contribution < -0.4 is 5.32 Å². The lowest BCUT2D eigenvalue weighted by atomic mass is 9.97. The number of allylic oxidation sites excluding steroid dienone is 1. The summed E-state index contributed by atoms with van der Waals surface area (Å²) in [6.07, 6.45) is 5.90. The van der Waals surface area contributed by atoms with Gasteiger partial charge in [0, 0.05) is 37.3 Å². The van der Waals surface area contributed by atoms with Crippen molar-refractivity contribution in [1.29, 1.82) is 0 Å². The molecule has 132 valence electrons. The maximum atomic E-state index is 11.8. The zero-order valence-electron chi connectivity index (χ0n) is 15.2. The molecule has 1 aliphatic rings. The molecule has 1 atom stereocenters. The Labute approximate surface area is 149 Å². The number of aromatic nitrogens is 1. The Balaban J connectivity index is 1.60. The molecule has 1 saturated heterocycles. The third-order valence-electron chi connectivity index (χ3n) is 4.70. The van der Waals surface area contributed by atoms with Crippen molar-refractivity contribution >= 4 is 16.8 Å². The number of carbonyl (C=O) groups excluding carboxylic acids is 1. The highest BCUT2D eigenvalue weighted by atomic mass is 16.1.